The molecule has 0 spiro atoms. The first kappa shape index (κ1) is 17.4. The monoisotopic (exact) mass is 322 g/mol. The highest BCUT2D eigenvalue weighted by Gasteiger charge is 2.16. The van der Waals surface area contributed by atoms with Crippen molar-refractivity contribution in [1.82, 2.24) is 0 Å². The quantitative estimate of drug-likeness (QED) is 0.350. The summed E-state index contributed by atoms with van der Waals surface area (Å²) in [5.74, 6) is 0.359. The molecule has 0 fully saturated rings. The van der Waals surface area contributed by atoms with Crippen molar-refractivity contribution in [3.63, 3.8) is 0 Å². The van der Waals surface area contributed by atoms with Gasteiger partial charge in [0.05, 0.1) is 0 Å². The van der Waals surface area contributed by atoms with Gasteiger partial charge in [0, 0.05) is 26.0 Å². The molecule has 0 amide bonds. The van der Waals surface area contributed by atoms with Crippen LogP contribution in [0.15, 0.2) is 72.8 Å². The van der Waals surface area contributed by atoms with Gasteiger partial charge in [-0.25, -0.2) is 0 Å². The molecule has 0 aliphatic rings. The first-order valence-corrected chi connectivity index (χ1v) is 12.0. The number of hydrogen-bond acceptors (Lipinski definition) is 1. The molecule has 23 heavy (non-hydrogen) atoms. The van der Waals surface area contributed by atoms with E-state index >= 15 is 0 Å². The van der Waals surface area contributed by atoms with Crippen molar-refractivity contribution in [2.24, 2.45) is 0 Å². The van der Waals surface area contributed by atoms with Gasteiger partial charge in [-0.2, -0.15) is 0 Å². The third-order valence-electron chi connectivity index (χ3n) is 3.83. The minimum atomic E-state index is -1.10. The lowest BCUT2D eigenvalue weighted by molar-refractivity contribution is 0.0978. The van der Waals surface area contributed by atoms with Crippen LogP contribution in [-0.4, -0.2) is 13.9 Å². The molecule has 2 aromatic carbocycles. The highest BCUT2D eigenvalue weighted by atomic mass is 28.3. The molecule has 1 unspecified atom stereocenters. The van der Waals surface area contributed by atoms with E-state index in [0.29, 0.717) is 6.42 Å². The standard InChI is InChI=1S/C21H26OSi/c1-23(2,3)16-10-15-20(18-11-6-4-7-12-18)17-21(22)19-13-8-5-9-14-19/h4-15,20H,16-17H2,1-3H3/b15-10+. The number of Topliss-reactive ketones (excluding diaryl/α,β-unsaturated/α-hetero) is 1. The summed E-state index contributed by atoms with van der Waals surface area (Å²) in [6.07, 6.45) is 5.03. The molecule has 0 radical (unpaired) electrons. The molecular formula is C21H26OSi. The van der Waals surface area contributed by atoms with E-state index < -0.39 is 8.07 Å². The van der Waals surface area contributed by atoms with Crippen LogP contribution in [0.3, 0.4) is 0 Å². The Morgan fingerprint density at radius 2 is 1.52 bits per heavy atom. The summed E-state index contributed by atoms with van der Waals surface area (Å²) in [5, 5.41) is 0. The lowest BCUT2D eigenvalue weighted by Gasteiger charge is -2.15. The van der Waals surface area contributed by atoms with Gasteiger partial charge < -0.3 is 0 Å². The maximum atomic E-state index is 12.6. The summed E-state index contributed by atoms with van der Waals surface area (Å²) in [6.45, 7) is 7.10. The summed E-state index contributed by atoms with van der Waals surface area (Å²) in [4.78, 5) is 12.6. The Balaban J connectivity index is 2.15. The molecule has 0 saturated heterocycles. The van der Waals surface area contributed by atoms with Crippen molar-refractivity contribution < 1.29 is 4.79 Å². The van der Waals surface area contributed by atoms with E-state index in [0.717, 1.165) is 11.6 Å². The number of rotatable bonds is 7. The van der Waals surface area contributed by atoms with E-state index in [-0.39, 0.29) is 11.7 Å². The van der Waals surface area contributed by atoms with Crippen molar-refractivity contribution in [2.75, 3.05) is 0 Å². The molecule has 2 aromatic rings. The Kier molecular flexibility index (Phi) is 6.11. The van der Waals surface area contributed by atoms with Gasteiger partial charge in [0.15, 0.2) is 5.78 Å². The second-order valence-corrected chi connectivity index (χ2v) is 12.7. The van der Waals surface area contributed by atoms with Gasteiger partial charge in [-0.05, 0) is 11.6 Å². The van der Waals surface area contributed by atoms with Crippen LogP contribution in [0.5, 0.6) is 0 Å². The Morgan fingerprint density at radius 3 is 2.09 bits per heavy atom. The Labute approximate surface area is 141 Å². The van der Waals surface area contributed by atoms with Crippen LogP contribution < -0.4 is 0 Å². The van der Waals surface area contributed by atoms with Gasteiger partial charge in [-0.15, -0.1) is 0 Å². The van der Waals surface area contributed by atoms with E-state index in [1.54, 1.807) is 0 Å². The molecule has 1 atom stereocenters. The average Bonchev–Trinajstić information content (AvgIpc) is 2.54. The maximum Gasteiger partial charge on any atom is 0.163 e. The SMILES string of the molecule is C[Si](C)(C)C/C=C/C(CC(=O)c1ccccc1)c1ccccc1. The largest absolute Gasteiger partial charge is 0.294 e. The van der Waals surface area contributed by atoms with Crippen LogP contribution in [-0.2, 0) is 0 Å². The van der Waals surface area contributed by atoms with Crippen LogP contribution in [0.25, 0.3) is 0 Å². The Bertz CT molecular complexity index is 639. The molecule has 0 aromatic heterocycles. The second-order valence-electron chi connectivity index (χ2n) is 7.20. The van der Waals surface area contributed by atoms with Gasteiger partial charge >= 0.3 is 0 Å². The van der Waals surface area contributed by atoms with Crippen molar-refractivity contribution in [3.05, 3.63) is 83.9 Å². The van der Waals surface area contributed by atoms with Gasteiger partial charge in [-0.1, -0.05) is 92.5 Å². The van der Waals surface area contributed by atoms with Crippen LogP contribution in [0.4, 0.5) is 0 Å². The van der Waals surface area contributed by atoms with Gasteiger partial charge in [-0.3, -0.25) is 4.79 Å². The predicted molar refractivity (Wildman–Crippen MR) is 102 cm³/mol. The molecule has 1 nitrogen and oxygen atoms in total. The number of hydrogen-bond donors (Lipinski definition) is 0. The van der Waals surface area contributed by atoms with Crippen molar-refractivity contribution >= 4 is 13.9 Å². The fraction of sp³-hybridized carbons (Fsp3) is 0.286. The number of allylic oxidation sites excluding steroid dienone is 2. The number of carbonyl (C=O) groups excluding carboxylic acids is 1. The lowest BCUT2D eigenvalue weighted by atomic mass is 9.91. The second kappa shape index (κ2) is 8.07. The zero-order chi connectivity index (χ0) is 16.7. The first-order chi connectivity index (χ1) is 11.0. The Hall–Kier alpha value is -1.93. The summed E-state index contributed by atoms with van der Waals surface area (Å²) in [7, 11) is -1.10. The summed E-state index contributed by atoms with van der Waals surface area (Å²) in [5.41, 5.74) is 2.01. The number of carbonyl (C=O) groups is 1. The van der Waals surface area contributed by atoms with Crippen LogP contribution in [0, 0.1) is 0 Å². The minimum Gasteiger partial charge on any atom is -0.294 e. The average molecular weight is 323 g/mol. The van der Waals surface area contributed by atoms with E-state index in [9.17, 15) is 4.79 Å². The predicted octanol–water partition coefficient (Wildman–Crippen LogP) is 5.94. The van der Waals surface area contributed by atoms with Crippen LogP contribution in [0.1, 0.15) is 28.3 Å². The number of ketones is 1. The molecule has 2 heteroatoms. The van der Waals surface area contributed by atoms with Gasteiger partial charge in [0.25, 0.3) is 0 Å². The van der Waals surface area contributed by atoms with Gasteiger partial charge in [0.1, 0.15) is 0 Å². The third kappa shape index (κ3) is 5.99. The van der Waals surface area contributed by atoms with Crippen molar-refractivity contribution in [1.29, 1.82) is 0 Å². The summed E-state index contributed by atoms with van der Waals surface area (Å²) >= 11 is 0. The molecule has 120 valence electrons. The molecule has 0 saturated carbocycles. The molecule has 0 bridgehead atoms. The van der Waals surface area contributed by atoms with Crippen molar-refractivity contribution in [3.8, 4) is 0 Å². The molecule has 2 rings (SSSR count). The highest BCUT2D eigenvalue weighted by molar-refractivity contribution is 6.76. The molecule has 0 aliphatic carbocycles. The normalized spacial score (nSPS) is 13.2. The smallest absolute Gasteiger partial charge is 0.163 e. The minimum absolute atomic E-state index is 0.153. The fourth-order valence-corrected chi connectivity index (χ4v) is 3.37. The van der Waals surface area contributed by atoms with Crippen LogP contribution >= 0.6 is 0 Å². The van der Waals surface area contributed by atoms with E-state index in [1.807, 2.05) is 48.5 Å². The molecular weight excluding hydrogens is 296 g/mol. The van der Waals surface area contributed by atoms with Crippen molar-refractivity contribution in [2.45, 2.75) is 38.0 Å². The zero-order valence-corrected chi connectivity index (χ0v) is 15.3. The van der Waals surface area contributed by atoms with E-state index in [1.165, 1.54) is 5.56 Å². The first-order valence-electron chi connectivity index (χ1n) is 8.25. The topological polar surface area (TPSA) is 17.1 Å². The van der Waals surface area contributed by atoms with Gasteiger partial charge in [0.2, 0.25) is 0 Å². The number of benzene rings is 2. The maximum absolute atomic E-state index is 12.6. The lowest BCUT2D eigenvalue weighted by Crippen LogP contribution is -2.17. The van der Waals surface area contributed by atoms with E-state index in [2.05, 4.69) is 43.9 Å². The molecule has 0 aliphatic heterocycles. The van der Waals surface area contributed by atoms with Crippen LogP contribution in [0.2, 0.25) is 25.7 Å². The summed E-state index contributed by atoms with van der Waals surface area (Å²) < 4.78 is 0. The Morgan fingerprint density at radius 1 is 0.957 bits per heavy atom. The molecule has 0 heterocycles. The summed E-state index contributed by atoms with van der Waals surface area (Å²) in [6, 6.07) is 21.1. The zero-order valence-electron chi connectivity index (χ0n) is 14.3. The fourth-order valence-electron chi connectivity index (χ4n) is 2.52. The molecule has 0 N–H and O–H groups in total. The van der Waals surface area contributed by atoms with E-state index in [4.69, 9.17) is 0 Å². The third-order valence-corrected chi connectivity index (χ3v) is 5.29. The highest BCUT2D eigenvalue weighted by Crippen LogP contribution is 2.24.